The van der Waals surface area contributed by atoms with Crippen LogP contribution in [-0.4, -0.2) is 31.1 Å². The highest BCUT2D eigenvalue weighted by Crippen LogP contribution is 2.38. The summed E-state index contributed by atoms with van der Waals surface area (Å²) >= 11 is 5.43. The maximum Gasteiger partial charge on any atom is 0.295 e. The van der Waals surface area contributed by atoms with Crippen LogP contribution in [0.5, 0.6) is 0 Å². The van der Waals surface area contributed by atoms with Crippen LogP contribution in [-0.2, 0) is 20.2 Å². The zero-order valence-corrected chi connectivity index (χ0v) is 28.0. The number of anilines is 4. The number of fused-ring (bicyclic) bond motifs is 2. The maximum atomic E-state index is 12.0. The minimum atomic E-state index is -4.54. The summed E-state index contributed by atoms with van der Waals surface area (Å²) in [5.41, 5.74) is 15.2. The zero-order valence-electron chi connectivity index (χ0n) is 25.6. The summed E-state index contributed by atoms with van der Waals surface area (Å²) in [6, 6.07) is 28.9. The summed E-state index contributed by atoms with van der Waals surface area (Å²) in [4.78, 5) is -0.641. The fourth-order valence-electron chi connectivity index (χ4n) is 5.03. The highest BCUT2D eigenvalue weighted by atomic mass is 32.2. The zero-order chi connectivity index (χ0) is 35.6. The van der Waals surface area contributed by atoms with Gasteiger partial charge in [-0.2, -0.15) is 27.1 Å². The lowest BCUT2D eigenvalue weighted by atomic mass is 10.1. The molecule has 0 aromatic heterocycles. The smallest absolute Gasteiger partial charge is 0.295 e. The van der Waals surface area contributed by atoms with E-state index in [1.165, 1.54) is 12.1 Å². The molecule has 0 saturated heterocycles. The molecule has 6 aromatic carbocycles. The topological polar surface area (TPSA) is 234 Å². The van der Waals surface area contributed by atoms with E-state index in [1.54, 1.807) is 97.1 Å². The molecule has 0 heterocycles. The van der Waals surface area contributed by atoms with Crippen LogP contribution in [0.2, 0.25) is 0 Å². The summed E-state index contributed by atoms with van der Waals surface area (Å²) in [5.74, 6) is 0. The molecule has 14 nitrogen and oxygen atoms in total. The monoisotopic (exact) mass is 726 g/mol. The minimum absolute atomic E-state index is 0.0838. The standard InChI is InChI=1S/C33H26N8O6S3/c34-31-25-7-3-1-5-23(25)29(49(42,43)44)17-27(31)40-38-21-13-9-19(10-14-21)36-33(48)37-20-11-15-22(16-12-20)39-41-28-18-30(50(45,46)47)24-6-2-4-8-26(24)32(28)35/h1-18H,34-35H2,(H2,36,37,48)(H,42,43,44)(H,45,46,47). The number of hydrogen-bond acceptors (Lipinski definition) is 11. The van der Waals surface area contributed by atoms with Crippen LogP contribution >= 0.6 is 12.2 Å². The summed E-state index contributed by atoms with van der Waals surface area (Å²) in [5, 5.41) is 24.3. The number of nitrogen functional groups attached to an aromatic ring is 2. The fraction of sp³-hybridized carbons (Fsp3) is 0. The number of benzene rings is 6. The Morgan fingerprint density at radius 3 is 1.22 bits per heavy atom. The van der Waals surface area contributed by atoms with Gasteiger partial charge in [0.25, 0.3) is 20.2 Å². The van der Waals surface area contributed by atoms with Crippen molar-refractivity contribution in [2.75, 3.05) is 22.1 Å². The molecule has 8 N–H and O–H groups in total. The number of hydrogen-bond donors (Lipinski definition) is 6. The molecule has 0 atom stereocenters. The van der Waals surface area contributed by atoms with Crippen molar-refractivity contribution >= 4 is 105 Å². The van der Waals surface area contributed by atoms with Crippen LogP contribution in [0.3, 0.4) is 0 Å². The highest BCUT2D eigenvalue weighted by Gasteiger charge is 2.19. The Bertz CT molecular complexity index is 2400. The van der Waals surface area contributed by atoms with Crippen molar-refractivity contribution in [1.29, 1.82) is 0 Å². The van der Waals surface area contributed by atoms with Crippen LogP contribution in [0, 0.1) is 0 Å². The van der Waals surface area contributed by atoms with Gasteiger partial charge in [0.1, 0.15) is 21.2 Å². The second-order valence-electron chi connectivity index (χ2n) is 10.7. The Labute approximate surface area is 291 Å². The normalized spacial score (nSPS) is 12.2. The largest absolute Gasteiger partial charge is 0.396 e. The Balaban J connectivity index is 1.10. The van der Waals surface area contributed by atoms with E-state index in [9.17, 15) is 25.9 Å². The second kappa shape index (κ2) is 13.6. The lowest BCUT2D eigenvalue weighted by Gasteiger charge is -2.11. The van der Waals surface area contributed by atoms with Crippen molar-refractivity contribution in [2.24, 2.45) is 20.5 Å². The molecule has 50 heavy (non-hydrogen) atoms. The minimum Gasteiger partial charge on any atom is -0.396 e. The average Bonchev–Trinajstić information content (AvgIpc) is 3.08. The van der Waals surface area contributed by atoms with Crippen molar-refractivity contribution < 1.29 is 25.9 Å². The molecule has 0 spiro atoms. The molecule has 0 aliphatic carbocycles. The average molecular weight is 727 g/mol. The highest BCUT2D eigenvalue weighted by molar-refractivity contribution is 7.86. The first-order valence-corrected chi connectivity index (χ1v) is 17.8. The molecule has 0 saturated carbocycles. The lowest BCUT2D eigenvalue weighted by Crippen LogP contribution is -2.18. The Hall–Kier alpha value is -5.85. The lowest BCUT2D eigenvalue weighted by molar-refractivity contribution is 0.482. The summed E-state index contributed by atoms with van der Waals surface area (Å²) in [7, 11) is -9.08. The molecule has 6 rings (SSSR count). The first kappa shape index (κ1) is 34.0. The number of nitrogens with two attached hydrogens (primary N) is 2. The predicted molar refractivity (Wildman–Crippen MR) is 197 cm³/mol. The second-order valence-corrected chi connectivity index (χ2v) is 13.9. The predicted octanol–water partition coefficient (Wildman–Crippen LogP) is 8.29. The van der Waals surface area contributed by atoms with Crippen LogP contribution in [0.25, 0.3) is 21.5 Å². The number of azo groups is 2. The van der Waals surface area contributed by atoms with Crippen molar-refractivity contribution in [1.82, 2.24) is 0 Å². The SMILES string of the molecule is Nc1c(N=Nc2ccc(NC(=S)Nc3ccc(N=Nc4cc(S(=O)(=O)O)c5ccccc5c4N)cc3)cc2)cc(S(=O)(=O)O)c2ccccc12. The van der Waals surface area contributed by atoms with Gasteiger partial charge >= 0.3 is 0 Å². The van der Waals surface area contributed by atoms with Gasteiger partial charge in [0.2, 0.25) is 0 Å². The van der Waals surface area contributed by atoms with Crippen LogP contribution < -0.4 is 22.1 Å². The molecule has 252 valence electrons. The first-order chi connectivity index (χ1) is 23.8. The Kier molecular flexibility index (Phi) is 9.24. The van der Waals surface area contributed by atoms with Crippen LogP contribution in [0.4, 0.5) is 45.5 Å². The molecule has 0 aliphatic rings. The van der Waals surface area contributed by atoms with E-state index in [0.717, 1.165) is 0 Å². The Morgan fingerprint density at radius 2 is 0.880 bits per heavy atom. The summed E-state index contributed by atoms with van der Waals surface area (Å²) in [6.07, 6.45) is 0. The third-order valence-corrected chi connectivity index (χ3v) is 9.40. The van der Waals surface area contributed by atoms with Gasteiger partial charge in [-0.15, -0.1) is 10.2 Å². The first-order valence-electron chi connectivity index (χ1n) is 14.5. The number of nitrogens with zero attached hydrogens (tertiary/aromatic N) is 4. The molecule has 6 aromatic rings. The van der Waals surface area contributed by atoms with Crippen molar-refractivity contribution in [3.8, 4) is 0 Å². The Morgan fingerprint density at radius 1 is 0.540 bits per heavy atom. The van der Waals surface area contributed by atoms with E-state index in [2.05, 4.69) is 31.1 Å². The van der Waals surface area contributed by atoms with Gasteiger partial charge in [-0.1, -0.05) is 48.5 Å². The summed E-state index contributed by atoms with van der Waals surface area (Å²) < 4.78 is 67.4. The molecule has 0 bridgehead atoms. The van der Waals surface area contributed by atoms with Crippen molar-refractivity contribution in [3.63, 3.8) is 0 Å². The molecule has 0 unspecified atom stereocenters. The fourth-order valence-corrected chi connectivity index (χ4v) is 6.70. The summed E-state index contributed by atoms with van der Waals surface area (Å²) in [6.45, 7) is 0. The van der Waals surface area contributed by atoms with E-state index in [4.69, 9.17) is 23.7 Å². The quantitative estimate of drug-likeness (QED) is 0.0378. The van der Waals surface area contributed by atoms with Gasteiger partial charge in [-0.05, 0) is 72.9 Å². The molecule has 0 fully saturated rings. The van der Waals surface area contributed by atoms with Crippen LogP contribution in [0.15, 0.2) is 139 Å². The van der Waals surface area contributed by atoms with E-state index in [-0.39, 0.29) is 48.4 Å². The van der Waals surface area contributed by atoms with E-state index in [1.807, 2.05) is 0 Å². The molecular weight excluding hydrogens is 701 g/mol. The number of rotatable bonds is 8. The van der Waals surface area contributed by atoms with E-state index >= 15 is 0 Å². The van der Waals surface area contributed by atoms with E-state index < -0.39 is 20.2 Å². The van der Waals surface area contributed by atoms with Crippen LogP contribution in [0.1, 0.15) is 0 Å². The van der Waals surface area contributed by atoms with Gasteiger partial charge in [0.05, 0.1) is 22.7 Å². The molecule has 17 heteroatoms. The third kappa shape index (κ3) is 7.41. The van der Waals surface area contributed by atoms with Crippen molar-refractivity contribution in [2.45, 2.75) is 9.79 Å². The number of nitrogens with one attached hydrogen (secondary N) is 2. The third-order valence-electron chi connectivity index (χ3n) is 7.41. The molecule has 0 aliphatic heterocycles. The number of thiocarbonyl (C=S) groups is 1. The van der Waals surface area contributed by atoms with Gasteiger partial charge in [0.15, 0.2) is 5.11 Å². The maximum absolute atomic E-state index is 12.0. The molecule has 0 radical (unpaired) electrons. The van der Waals surface area contributed by atoms with E-state index in [0.29, 0.717) is 33.5 Å². The van der Waals surface area contributed by atoms with Gasteiger partial charge in [-0.3, -0.25) is 9.11 Å². The molecular formula is C33H26N8O6S3. The van der Waals surface area contributed by atoms with Crippen molar-refractivity contribution in [3.05, 3.63) is 109 Å². The van der Waals surface area contributed by atoms with Gasteiger partial charge in [0, 0.05) is 32.9 Å². The van der Waals surface area contributed by atoms with Gasteiger partial charge in [-0.25, -0.2) is 0 Å². The van der Waals surface area contributed by atoms with Gasteiger partial charge < -0.3 is 22.1 Å². The molecule has 0 amide bonds.